The molecule has 118 valence electrons. The Bertz CT molecular complexity index is 801. The number of hydrogen-bond acceptors (Lipinski definition) is 3. The lowest BCUT2D eigenvalue weighted by Crippen LogP contribution is -2.30. The van der Waals surface area contributed by atoms with Crippen LogP contribution in [0.3, 0.4) is 0 Å². The second-order valence-electron chi connectivity index (χ2n) is 5.10. The normalized spacial score (nSPS) is 11.4. The van der Waals surface area contributed by atoms with Crippen molar-refractivity contribution in [3.05, 3.63) is 51.7 Å². The molecular formula is C17H14Cl2N2O2. The van der Waals surface area contributed by atoms with E-state index >= 15 is 0 Å². The zero-order valence-electron chi connectivity index (χ0n) is 12.6. The number of carbonyl (C=O) groups is 1. The van der Waals surface area contributed by atoms with E-state index in [1.165, 1.54) is 6.08 Å². The highest BCUT2D eigenvalue weighted by atomic mass is 35.5. The highest BCUT2D eigenvalue weighted by Gasteiger charge is 2.13. The SMILES string of the molecule is CC(C)NC(=O)/C(C#N)=C/c1ccc(-c2cccc(Cl)c2Cl)o1. The molecule has 1 aromatic carbocycles. The van der Waals surface area contributed by atoms with Crippen LogP contribution in [0.4, 0.5) is 0 Å². The smallest absolute Gasteiger partial charge is 0.262 e. The number of nitriles is 1. The van der Waals surface area contributed by atoms with Gasteiger partial charge < -0.3 is 9.73 Å². The van der Waals surface area contributed by atoms with Crippen molar-refractivity contribution in [3.8, 4) is 17.4 Å². The van der Waals surface area contributed by atoms with E-state index in [1.54, 1.807) is 30.3 Å². The molecule has 0 atom stereocenters. The molecule has 4 nitrogen and oxygen atoms in total. The first-order chi connectivity index (χ1) is 10.9. The lowest BCUT2D eigenvalue weighted by molar-refractivity contribution is -0.117. The van der Waals surface area contributed by atoms with Crippen LogP contribution in [-0.4, -0.2) is 11.9 Å². The Hall–Kier alpha value is -2.22. The molecule has 0 saturated carbocycles. The van der Waals surface area contributed by atoms with E-state index in [0.29, 0.717) is 27.1 Å². The van der Waals surface area contributed by atoms with Crippen molar-refractivity contribution in [3.63, 3.8) is 0 Å². The molecule has 0 saturated heterocycles. The quantitative estimate of drug-likeness (QED) is 0.643. The standard InChI is InChI=1S/C17H14Cl2N2O2/c1-10(2)21-17(22)11(9-20)8-12-6-7-15(23-12)13-4-3-5-14(18)16(13)19/h3-8,10H,1-2H3,(H,21,22)/b11-8+. The molecule has 1 N–H and O–H groups in total. The summed E-state index contributed by atoms with van der Waals surface area (Å²) in [6.07, 6.45) is 1.39. The number of halogens is 2. The first-order valence-corrected chi connectivity index (χ1v) is 7.65. The second kappa shape index (κ2) is 7.36. The van der Waals surface area contributed by atoms with Gasteiger partial charge in [-0.05, 0) is 38.1 Å². The summed E-state index contributed by atoms with van der Waals surface area (Å²) in [5.74, 6) is 0.443. The number of hydrogen-bond donors (Lipinski definition) is 1. The molecule has 0 aliphatic carbocycles. The summed E-state index contributed by atoms with van der Waals surface area (Å²) in [7, 11) is 0. The highest BCUT2D eigenvalue weighted by molar-refractivity contribution is 6.43. The first kappa shape index (κ1) is 17.1. The molecule has 1 amide bonds. The average molecular weight is 349 g/mol. The molecule has 1 heterocycles. The summed E-state index contributed by atoms with van der Waals surface area (Å²) >= 11 is 12.1. The predicted octanol–water partition coefficient (Wildman–Crippen LogP) is 4.68. The van der Waals surface area contributed by atoms with Gasteiger partial charge in [0.2, 0.25) is 0 Å². The largest absolute Gasteiger partial charge is 0.457 e. The molecule has 0 fully saturated rings. The van der Waals surface area contributed by atoms with Gasteiger partial charge in [0.1, 0.15) is 23.2 Å². The van der Waals surface area contributed by atoms with Crippen LogP contribution in [0, 0.1) is 11.3 Å². The van der Waals surface area contributed by atoms with E-state index < -0.39 is 5.91 Å². The fraction of sp³-hybridized carbons (Fsp3) is 0.176. The minimum atomic E-state index is -0.443. The second-order valence-corrected chi connectivity index (χ2v) is 5.89. The highest BCUT2D eigenvalue weighted by Crippen LogP contribution is 2.34. The fourth-order valence-electron chi connectivity index (χ4n) is 1.90. The Morgan fingerprint density at radius 3 is 2.70 bits per heavy atom. The topological polar surface area (TPSA) is 66.0 Å². The van der Waals surface area contributed by atoms with Crippen LogP contribution in [-0.2, 0) is 4.79 Å². The van der Waals surface area contributed by atoms with Crippen molar-refractivity contribution in [2.24, 2.45) is 0 Å². The molecule has 0 radical (unpaired) electrons. The maximum Gasteiger partial charge on any atom is 0.262 e. The number of furan rings is 1. The van der Waals surface area contributed by atoms with E-state index in [2.05, 4.69) is 5.32 Å². The van der Waals surface area contributed by atoms with Crippen molar-refractivity contribution in [2.45, 2.75) is 19.9 Å². The zero-order chi connectivity index (χ0) is 17.0. The summed E-state index contributed by atoms with van der Waals surface area (Å²) in [5.41, 5.74) is 0.612. The monoisotopic (exact) mass is 348 g/mol. The van der Waals surface area contributed by atoms with Crippen LogP contribution in [0.5, 0.6) is 0 Å². The van der Waals surface area contributed by atoms with Crippen molar-refractivity contribution in [1.29, 1.82) is 5.26 Å². The van der Waals surface area contributed by atoms with E-state index in [4.69, 9.17) is 32.9 Å². The minimum absolute atomic E-state index is 0.0307. The first-order valence-electron chi connectivity index (χ1n) is 6.89. The number of nitrogens with one attached hydrogen (secondary N) is 1. The van der Waals surface area contributed by atoms with Crippen LogP contribution >= 0.6 is 23.2 Å². The van der Waals surface area contributed by atoms with E-state index in [1.807, 2.05) is 19.9 Å². The van der Waals surface area contributed by atoms with Crippen molar-refractivity contribution >= 4 is 35.2 Å². The maximum absolute atomic E-state index is 11.9. The van der Waals surface area contributed by atoms with Gasteiger partial charge in [-0.25, -0.2) is 0 Å². The van der Waals surface area contributed by atoms with Gasteiger partial charge in [-0.3, -0.25) is 4.79 Å². The molecule has 0 bridgehead atoms. The van der Waals surface area contributed by atoms with E-state index in [0.717, 1.165) is 0 Å². The van der Waals surface area contributed by atoms with Crippen LogP contribution < -0.4 is 5.32 Å². The third-order valence-electron chi connectivity index (χ3n) is 2.92. The summed E-state index contributed by atoms with van der Waals surface area (Å²) in [6.45, 7) is 3.64. The Labute approximate surface area is 144 Å². The number of carbonyl (C=O) groups excluding carboxylic acids is 1. The fourth-order valence-corrected chi connectivity index (χ4v) is 2.29. The Balaban J connectivity index is 2.32. The maximum atomic E-state index is 11.9. The van der Waals surface area contributed by atoms with Gasteiger partial charge in [-0.1, -0.05) is 29.3 Å². The summed E-state index contributed by atoms with van der Waals surface area (Å²) in [6, 6.07) is 10.4. The Morgan fingerprint density at radius 1 is 1.30 bits per heavy atom. The molecular weight excluding hydrogens is 335 g/mol. The lowest BCUT2D eigenvalue weighted by atomic mass is 10.2. The number of nitrogens with zero attached hydrogens (tertiary/aromatic N) is 1. The van der Waals surface area contributed by atoms with Gasteiger partial charge in [0.25, 0.3) is 5.91 Å². The number of rotatable bonds is 4. The van der Waals surface area contributed by atoms with Gasteiger partial charge in [-0.2, -0.15) is 5.26 Å². The zero-order valence-corrected chi connectivity index (χ0v) is 14.1. The molecule has 0 aliphatic heterocycles. The summed E-state index contributed by atoms with van der Waals surface area (Å²) in [5, 5.41) is 12.6. The lowest BCUT2D eigenvalue weighted by Gasteiger charge is -2.06. The summed E-state index contributed by atoms with van der Waals surface area (Å²) < 4.78 is 5.64. The molecule has 6 heteroatoms. The van der Waals surface area contributed by atoms with Gasteiger partial charge >= 0.3 is 0 Å². The predicted molar refractivity (Wildman–Crippen MR) is 91.0 cm³/mol. The molecule has 0 unspecified atom stereocenters. The molecule has 2 rings (SSSR count). The average Bonchev–Trinajstić information content (AvgIpc) is 2.95. The minimum Gasteiger partial charge on any atom is -0.457 e. The van der Waals surface area contributed by atoms with Crippen LogP contribution in [0.25, 0.3) is 17.4 Å². The number of amides is 1. The van der Waals surface area contributed by atoms with Crippen LogP contribution in [0.2, 0.25) is 10.0 Å². The van der Waals surface area contributed by atoms with Crippen molar-refractivity contribution < 1.29 is 9.21 Å². The van der Waals surface area contributed by atoms with Gasteiger partial charge in [-0.15, -0.1) is 0 Å². The van der Waals surface area contributed by atoms with Crippen LogP contribution in [0.15, 0.2) is 40.3 Å². The molecule has 0 spiro atoms. The molecule has 2 aromatic rings. The Kier molecular flexibility index (Phi) is 5.49. The van der Waals surface area contributed by atoms with Crippen molar-refractivity contribution in [2.75, 3.05) is 0 Å². The van der Waals surface area contributed by atoms with E-state index in [-0.39, 0.29) is 11.6 Å². The van der Waals surface area contributed by atoms with Gasteiger partial charge in [0, 0.05) is 17.7 Å². The van der Waals surface area contributed by atoms with Crippen LogP contribution in [0.1, 0.15) is 19.6 Å². The summed E-state index contributed by atoms with van der Waals surface area (Å²) in [4.78, 5) is 11.9. The molecule has 0 aliphatic rings. The third-order valence-corrected chi connectivity index (χ3v) is 3.73. The number of benzene rings is 1. The molecule has 23 heavy (non-hydrogen) atoms. The molecule has 1 aromatic heterocycles. The third kappa shape index (κ3) is 4.16. The Morgan fingerprint density at radius 2 is 2.04 bits per heavy atom. The van der Waals surface area contributed by atoms with Crippen molar-refractivity contribution in [1.82, 2.24) is 5.32 Å². The van der Waals surface area contributed by atoms with E-state index in [9.17, 15) is 4.79 Å². The van der Waals surface area contributed by atoms with Gasteiger partial charge in [0.05, 0.1) is 10.0 Å². The van der Waals surface area contributed by atoms with Gasteiger partial charge in [0.15, 0.2) is 0 Å².